The van der Waals surface area contributed by atoms with E-state index >= 15 is 0 Å². The number of imidazole rings is 1. The molecule has 0 saturated carbocycles. The number of nitrogens with zero attached hydrogens (tertiary/aromatic N) is 2. The second-order valence-corrected chi connectivity index (χ2v) is 4.41. The van der Waals surface area contributed by atoms with Crippen molar-refractivity contribution in [3.05, 3.63) is 48.0 Å². The van der Waals surface area contributed by atoms with Gasteiger partial charge in [-0.3, -0.25) is 0 Å². The molecule has 21 heavy (non-hydrogen) atoms. The largest absolute Gasteiger partial charge is 0.497 e. The van der Waals surface area contributed by atoms with Gasteiger partial charge in [0.1, 0.15) is 17.1 Å². The monoisotopic (exact) mass is 286 g/mol. The summed E-state index contributed by atoms with van der Waals surface area (Å²) in [7, 11) is 3.45. The van der Waals surface area contributed by atoms with Crippen LogP contribution in [0.5, 0.6) is 5.75 Å². The smallest absolute Gasteiger partial charge is 0.341 e. The first-order valence-corrected chi connectivity index (χ1v) is 6.66. The molecule has 1 aromatic heterocycles. The number of rotatable bonds is 5. The zero-order valence-electron chi connectivity index (χ0n) is 12.4. The fourth-order valence-corrected chi connectivity index (χ4v) is 1.92. The molecule has 0 atom stereocenters. The molecule has 0 amide bonds. The summed E-state index contributed by atoms with van der Waals surface area (Å²) in [5, 5.41) is 0. The minimum atomic E-state index is -0.386. The first-order valence-electron chi connectivity index (χ1n) is 6.66. The SMILES string of the molecule is CCOC(=O)/C(=C/c1ccc(OC)cc1)c1nccn1C. The molecule has 0 bridgehead atoms. The molecule has 0 spiro atoms. The van der Waals surface area contributed by atoms with Crippen LogP contribution >= 0.6 is 0 Å². The second-order valence-electron chi connectivity index (χ2n) is 4.41. The molecule has 0 fully saturated rings. The van der Waals surface area contributed by atoms with E-state index in [1.165, 1.54) is 0 Å². The first kappa shape index (κ1) is 14.8. The molecule has 0 aliphatic rings. The van der Waals surface area contributed by atoms with Crippen LogP contribution < -0.4 is 4.74 Å². The summed E-state index contributed by atoms with van der Waals surface area (Å²) in [5.41, 5.74) is 1.30. The number of esters is 1. The van der Waals surface area contributed by atoms with Gasteiger partial charge in [-0.15, -0.1) is 0 Å². The van der Waals surface area contributed by atoms with Crippen molar-refractivity contribution in [1.82, 2.24) is 9.55 Å². The van der Waals surface area contributed by atoms with Crippen LogP contribution in [0.4, 0.5) is 0 Å². The lowest BCUT2D eigenvalue weighted by atomic mass is 10.1. The fraction of sp³-hybridized carbons (Fsp3) is 0.250. The highest BCUT2D eigenvalue weighted by Gasteiger charge is 2.17. The van der Waals surface area contributed by atoms with Crippen molar-refractivity contribution in [2.75, 3.05) is 13.7 Å². The van der Waals surface area contributed by atoms with Gasteiger partial charge >= 0.3 is 5.97 Å². The number of aromatic nitrogens is 2. The van der Waals surface area contributed by atoms with E-state index in [9.17, 15) is 4.79 Å². The minimum Gasteiger partial charge on any atom is -0.497 e. The van der Waals surface area contributed by atoms with Gasteiger partial charge in [0, 0.05) is 19.4 Å². The Kier molecular flexibility index (Phi) is 4.77. The van der Waals surface area contributed by atoms with Gasteiger partial charge in [-0.05, 0) is 30.7 Å². The normalized spacial score (nSPS) is 11.3. The molecule has 110 valence electrons. The average Bonchev–Trinajstić information content (AvgIpc) is 2.91. The lowest BCUT2D eigenvalue weighted by Crippen LogP contribution is -2.10. The van der Waals surface area contributed by atoms with Gasteiger partial charge in [-0.1, -0.05) is 12.1 Å². The maximum Gasteiger partial charge on any atom is 0.341 e. The molecule has 0 N–H and O–H groups in total. The highest BCUT2D eigenvalue weighted by molar-refractivity contribution is 6.20. The van der Waals surface area contributed by atoms with Crippen molar-refractivity contribution in [3.8, 4) is 5.75 Å². The summed E-state index contributed by atoms with van der Waals surface area (Å²) in [4.78, 5) is 16.4. The van der Waals surface area contributed by atoms with Crippen LogP contribution in [0.1, 0.15) is 18.3 Å². The van der Waals surface area contributed by atoms with Crippen molar-refractivity contribution in [2.45, 2.75) is 6.92 Å². The summed E-state index contributed by atoms with van der Waals surface area (Å²) in [6, 6.07) is 7.43. The van der Waals surface area contributed by atoms with Gasteiger partial charge < -0.3 is 14.0 Å². The third-order valence-electron chi connectivity index (χ3n) is 2.98. The molecule has 0 unspecified atom stereocenters. The summed E-state index contributed by atoms with van der Waals surface area (Å²) >= 11 is 0. The molecule has 0 radical (unpaired) electrons. The van der Waals surface area contributed by atoms with Crippen LogP contribution in [0.25, 0.3) is 11.6 Å². The highest BCUT2D eigenvalue weighted by atomic mass is 16.5. The van der Waals surface area contributed by atoms with Crippen LogP contribution in [0.15, 0.2) is 36.7 Å². The predicted molar refractivity (Wildman–Crippen MR) is 80.7 cm³/mol. The Bertz CT molecular complexity index is 642. The third-order valence-corrected chi connectivity index (χ3v) is 2.98. The van der Waals surface area contributed by atoms with Crippen molar-refractivity contribution in [1.29, 1.82) is 0 Å². The number of ether oxygens (including phenoxy) is 2. The Morgan fingerprint density at radius 3 is 2.57 bits per heavy atom. The molecule has 5 nitrogen and oxygen atoms in total. The van der Waals surface area contributed by atoms with E-state index < -0.39 is 0 Å². The summed E-state index contributed by atoms with van der Waals surface area (Å²) in [6.45, 7) is 2.10. The van der Waals surface area contributed by atoms with E-state index in [1.54, 1.807) is 37.1 Å². The molecule has 2 aromatic rings. The molecule has 5 heteroatoms. The number of carbonyl (C=O) groups excluding carboxylic acids is 1. The number of aryl methyl sites for hydroxylation is 1. The summed E-state index contributed by atoms with van der Waals surface area (Å²) < 4.78 is 12.0. The molecule has 0 aliphatic heterocycles. The predicted octanol–water partition coefficient (Wildman–Crippen LogP) is 2.53. The van der Waals surface area contributed by atoms with Crippen LogP contribution in [0.3, 0.4) is 0 Å². The van der Waals surface area contributed by atoms with E-state index in [0.29, 0.717) is 18.0 Å². The molecular weight excluding hydrogens is 268 g/mol. The quantitative estimate of drug-likeness (QED) is 0.626. The van der Waals surface area contributed by atoms with Gasteiger partial charge in [0.25, 0.3) is 0 Å². The number of carbonyl (C=O) groups is 1. The molecule has 0 aliphatic carbocycles. The Labute approximate surface area is 123 Å². The number of hydrogen-bond acceptors (Lipinski definition) is 4. The number of hydrogen-bond donors (Lipinski definition) is 0. The van der Waals surface area contributed by atoms with E-state index in [2.05, 4.69) is 4.98 Å². The fourth-order valence-electron chi connectivity index (χ4n) is 1.92. The zero-order chi connectivity index (χ0) is 15.2. The summed E-state index contributed by atoms with van der Waals surface area (Å²) in [5.74, 6) is 0.953. The average molecular weight is 286 g/mol. The molecule has 0 saturated heterocycles. The van der Waals surface area contributed by atoms with E-state index in [0.717, 1.165) is 11.3 Å². The van der Waals surface area contributed by atoms with Crippen LogP contribution in [-0.2, 0) is 16.6 Å². The first-order chi connectivity index (χ1) is 10.2. The maximum absolute atomic E-state index is 12.2. The Hall–Kier alpha value is -2.56. The van der Waals surface area contributed by atoms with Crippen molar-refractivity contribution in [2.24, 2.45) is 7.05 Å². The van der Waals surface area contributed by atoms with Gasteiger partial charge in [-0.2, -0.15) is 0 Å². The number of methoxy groups -OCH3 is 1. The molecule has 2 rings (SSSR count). The zero-order valence-corrected chi connectivity index (χ0v) is 12.4. The van der Waals surface area contributed by atoms with Crippen molar-refractivity contribution in [3.63, 3.8) is 0 Å². The Morgan fingerprint density at radius 2 is 2.05 bits per heavy atom. The van der Waals surface area contributed by atoms with E-state index in [-0.39, 0.29) is 5.97 Å². The standard InChI is InChI=1S/C16H18N2O3/c1-4-21-16(19)14(15-17-9-10-18(15)2)11-12-5-7-13(20-3)8-6-12/h5-11H,4H2,1-3H3/b14-11+. The summed E-state index contributed by atoms with van der Waals surface area (Å²) in [6.07, 6.45) is 5.20. The van der Waals surface area contributed by atoms with Crippen LogP contribution in [0.2, 0.25) is 0 Å². The Morgan fingerprint density at radius 1 is 1.33 bits per heavy atom. The topological polar surface area (TPSA) is 53.4 Å². The van der Waals surface area contributed by atoms with Crippen LogP contribution in [-0.4, -0.2) is 29.2 Å². The maximum atomic E-state index is 12.2. The molecule has 1 heterocycles. The minimum absolute atomic E-state index is 0.323. The van der Waals surface area contributed by atoms with Crippen molar-refractivity contribution >= 4 is 17.6 Å². The van der Waals surface area contributed by atoms with E-state index in [1.807, 2.05) is 31.3 Å². The van der Waals surface area contributed by atoms with Crippen molar-refractivity contribution < 1.29 is 14.3 Å². The van der Waals surface area contributed by atoms with Gasteiger partial charge in [0.15, 0.2) is 0 Å². The lowest BCUT2D eigenvalue weighted by molar-refractivity contribution is -0.136. The Balaban J connectivity index is 2.40. The lowest BCUT2D eigenvalue weighted by Gasteiger charge is -2.07. The van der Waals surface area contributed by atoms with E-state index in [4.69, 9.17) is 9.47 Å². The van der Waals surface area contributed by atoms with Gasteiger partial charge in [0.05, 0.1) is 13.7 Å². The van der Waals surface area contributed by atoms with Crippen LogP contribution in [0, 0.1) is 0 Å². The molecular formula is C16H18N2O3. The van der Waals surface area contributed by atoms with Gasteiger partial charge in [0.2, 0.25) is 0 Å². The second kappa shape index (κ2) is 6.74. The number of benzene rings is 1. The molecule has 1 aromatic carbocycles. The van der Waals surface area contributed by atoms with Gasteiger partial charge in [-0.25, -0.2) is 9.78 Å². The third kappa shape index (κ3) is 3.51. The highest BCUT2D eigenvalue weighted by Crippen LogP contribution is 2.20.